The first-order chi connectivity index (χ1) is 12.4. The molecule has 0 aliphatic carbocycles. The number of hydrogen-bond donors (Lipinski definition) is 0. The molecule has 26 heavy (non-hydrogen) atoms. The molecule has 0 spiro atoms. The summed E-state index contributed by atoms with van der Waals surface area (Å²) in [4.78, 5) is 19.4. The molecule has 0 saturated carbocycles. The van der Waals surface area contributed by atoms with Crippen LogP contribution in [-0.4, -0.2) is 49.1 Å². The first-order valence-electron chi connectivity index (χ1n) is 8.04. The fourth-order valence-electron chi connectivity index (χ4n) is 2.77. The normalized spacial score (nSPS) is 15.9. The summed E-state index contributed by atoms with van der Waals surface area (Å²) >= 11 is 0. The Labute approximate surface area is 148 Å². The minimum atomic E-state index is -4.38. The van der Waals surface area contributed by atoms with Gasteiger partial charge in [0, 0.05) is 32.4 Å². The highest BCUT2D eigenvalue weighted by Crippen LogP contribution is 2.29. The topological polar surface area (TPSA) is 58.8 Å². The van der Waals surface area contributed by atoms with Crippen LogP contribution in [0.3, 0.4) is 0 Å². The number of methoxy groups -OCH3 is 1. The second-order valence-electron chi connectivity index (χ2n) is 5.92. The van der Waals surface area contributed by atoms with E-state index in [9.17, 15) is 18.0 Å². The van der Waals surface area contributed by atoms with Crippen molar-refractivity contribution in [2.45, 2.75) is 12.7 Å². The first kappa shape index (κ1) is 18.2. The lowest BCUT2D eigenvalue weighted by Crippen LogP contribution is -2.46. The van der Waals surface area contributed by atoms with E-state index in [-0.39, 0.29) is 5.76 Å². The zero-order chi connectivity index (χ0) is 18.7. The highest BCUT2D eigenvalue weighted by Gasteiger charge is 2.31. The van der Waals surface area contributed by atoms with Gasteiger partial charge in [0.1, 0.15) is 11.6 Å². The van der Waals surface area contributed by atoms with E-state index in [0.717, 1.165) is 12.3 Å². The van der Waals surface area contributed by atoms with Crippen LogP contribution < -0.4 is 4.90 Å². The van der Waals surface area contributed by atoms with Gasteiger partial charge in [-0.1, -0.05) is 0 Å². The molecule has 0 bridgehead atoms. The van der Waals surface area contributed by atoms with Crippen molar-refractivity contribution >= 4 is 11.8 Å². The van der Waals surface area contributed by atoms with Gasteiger partial charge in [0.25, 0.3) is 0 Å². The predicted octanol–water partition coefficient (Wildman–Crippen LogP) is 2.80. The minimum Gasteiger partial charge on any atom is -0.463 e. The third-order valence-electron chi connectivity index (χ3n) is 4.20. The molecule has 0 amide bonds. The highest BCUT2D eigenvalue weighted by atomic mass is 19.4. The van der Waals surface area contributed by atoms with E-state index in [2.05, 4.69) is 14.6 Å². The van der Waals surface area contributed by atoms with Gasteiger partial charge in [-0.05, 0) is 24.3 Å². The lowest BCUT2D eigenvalue weighted by atomic mass is 10.2. The average Bonchev–Trinajstić information content (AvgIpc) is 3.09. The molecule has 0 unspecified atom stereocenters. The SMILES string of the molecule is COC(=O)c1ccc(CN2CCN(c3ccc(C(F)(F)F)cn3)CC2)o1. The van der Waals surface area contributed by atoms with Gasteiger partial charge < -0.3 is 14.1 Å². The molecule has 2 aromatic rings. The van der Waals surface area contributed by atoms with E-state index in [1.165, 1.54) is 13.2 Å². The Morgan fingerprint density at radius 2 is 1.92 bits per heavy atom. The molecule has 0 atom stereocenters. The third kappa shape index (κ3) is 4.16. The van der Waals surface area contributed by atoms with Crippen molar-refractivity contribution in [1.82, 2.24) is 9.88 Å². The van der Waals surface area contributed by atoms with Gasteiger partial charge >= 0.3 is 12.1 Å². The summed E-state index contributed by atoms with van der Waals surface area (Å²) in [7, 11) is 1.29. The number of alkyl halides is 3. The minimum absolute atomic E-state index is 0.162. The molecule has 0 aromatic carbocycles. The van der Waals surface area contributed by atoms with Crippen molar-refractivity contribution in [2.75, 3.05) is 38.2 Å². The van der Waals surface area contributed by atoms with E-state index in [0.29, 0.717) is 44.3 Å². The number of halogens is 3. The summed E-state index contributed by atoms with van der Waals surface area (Å²) in [5, 5.41) is 0. The molecule has 1 fully saturated rings. The van der Waals surface area contributed by atoms with E-state index < -0.39 is 17.7 Å². The van der Waals surface area contributed by atoms with E-state index in [1.54, 1.807) is 12.1 Å². The molecule has 1 saturated heterocycles. The van der Waals surface area contributed by atoms with Gasteiger partial charge in [0.2, 0.25) is 5.76 Å². The lowest BCUT2D eigenvalue weighted by molar-refractivity contribution is -0.137. The maximum absolute atomic E-state index is 12.6. The number of piperazine rings is 1. The predicted molar refractivity (Wildman–Crippen MR) is 86.8 cm³/mol. The number of ether oxygens (including phenoxy) is 1. The molecule has 6 nitrogen and oxygen atoms in total. The first-order valence-corrected chi connectivity index (χ1v) is 8.04. The Balaban J connectivity index is 1.54. The molecule has 3 rings (SSSR count). The van der Waals surface area contributed by atoms with Gasteiger partial charge in [0.15, 0.2) is 0 Å². The van der Waals surface area contributed by atoms with E-state index >= 15 is 0 Å². The van der Waals surface area contributed by atoms with Crippen molar-refractivity contribution in [3.8, 4) is 0 Å². The number of esters is 1. The number of pyridine rings is 1. The van der Waals surface area contributed by atoms with Crippen LogP contribution in [-0.2, 0) is 17.5 Å². The van der Waals surface area contributed by atoms with Crippen molar-refractivity contribution in [1.29, 1.82) is 0 Å². The Bertz CT molecular complexity index is 751. The maximum atomic E-state index is 12.6. The fourth-order valence-corrected chi connectivity index (χ4v) is 2.77. The average molecular weight is 369 g/mol. The molecule has 2 aromatic heterocycles. The lowest BCUT2D eigenvalue weighted by Gasteiger charge is -2.35. The van der Waals surface area contributed by atoms with Crippen LogP contribution in [0.15, 0.2) is 34.9 Å². The van der Waals surface area contributed by atoms with Crippen LogP contribution in [0, 0.1) is 0 Å². The van der Waals surface area contributed by atoms with Crippen LogP contribution in [0.4, 0.5) is 19.0 Å². The Hall–Kier alpha value is -2.55. The number of hydrogen-bond acceptors (Lipinski definition) is 6. The summed E-state index contributed by atoms with van der Waals surface area (Å²) in [6.45, 7) is 3.24. The maximum Gasteiger partial charge on any atom is 0.417 e. The number of furan rings is 1. The summed E-state index contributed by atoms with van der Waals surface area (Å²) < 4.78 is 47.8. The number of carbonyl (C=O) groups is 1. The highest BCUT2D eigenvalue weighted by molar-refractivity contribution is 5.86. The molecular formula is C17H18F3N3O3. The standard InChI is InChI=1S/C17H18F3N3O3/c1-25-16(24)14-4-3-13(26-14)11-22-6-8-23(9-7-22)15-5-2-12(10-21-15)17(18,19)20/h2-5,10H,6-9,11H2,1H3. The Kier molecular flexibility index (Phi) is 5.17. The van der Waals surface area contributed by atoms with Crippen molar-refractivity contribution in [3.63, 3.8) is 0 Å². The summed E-state index contributed by atoms with van der Waals surface area (Å²) in [6.07, 6.45) is -3.52. The van der Waals surface area contributed by atoms with Gasteiger partial charge in [-0.15, -0.1) is 0 Å². The summed E-state index contributed by atoms with van der Waals surface area (Å²) in [6, 6.07) is 5.75. The number of anilines is 1. The molecule has 1 aliphatic rings. The van der Waals surface area contributed by atoms with Gasteiger partial charge in [0.05, 0.1) is 19.2 Å². The van der Waals surface area contributed by atoms with Crippen molar-refractivity contribution in [2.24, 2.45) is 0 Å². The molecule has 9 heteroatoms. The van der Waals surface area contributed by atoms with Crippen LogP contribution in [0.1, 0.15) is 21.9 Å². The number of nitrogens with zero attached hydrogens (tertiary/aromatic N) is 3. The summed E-state index contributed by atoms with van der Waals surface area (Å²) in [5.41, 5.74) is -0.751. The van der Waals surface area contributed by atoms with Gasteiger partial charge in [-0.3, -0.25) is 4.90 Å². The molecule has 3 heterocycles. The second-order valence-corrected chi connectivity index (χ2v) is 5.92. The monoisotopic (exact) mass is 369 g/mol. The van der Waals surface area contributed by atoms with Gasteiger partial charge in [-0.25, -0.2) is 9.78 Å². The number of rotatable bonds is 4. The zero-order valence-corrected chi connectivity index (χ0v) is 14.1. The zero-order valence-electron chi connectivity index (χ0n) is 14.1. The smallest absolute Gasteiger partial charge is 0.417 e. The number of aromatic nitrogens is 1. The quantitative estimate of drug-likeness (QED) is 0.773. The van der Waals surface area contributed by atoms with Gasteiger partial charge in [-0.2, -0.15) is 13.2 Å². The summed E-state index contributed by atoms with van der Waals surface area (Å²) in [5.74, 6) is 0.833. The largest absolute Gasteiger partial charge is 0.463 e. The molecule has 0 radical (unpaired) electrons. The fraction of sp³-hybridized carbons (Fsp3) is 0.412. The van der Waals surface area contributed by atoms with Crippen LogP contribution >= 0.6 is 0 Å². The molecule has 140 valence electrons. The molecule has 0 N–H and O–H groups in total. The second kappa shape index (κ2) is 7.36. The Morgan fingerprint density at radius 3 is 2.50 bits per heavy atom. The van der Waals surface area contributed by atoms with Crippen LogP contribution in [0.2, 0.25) is 0 Å². The van der Waals surface area contributed by atoms with Crippen LogP contribution in [0.5, 0.6) is 0 Å². The van der Waals surface area contributed by atoms with Crippen LogP contribution in [0.25, 0.3) is 0 Å². The van der Waals surface area contributed by atoms with Crippen molar-refractivity contribution < 1.29 is 27.1 Å². The third-order valence-corrected chi connectivity index (χ3v) is 4.20. The van der Waals surface area contributed by atoms with E-state index in [4.69, 9.17) is 4.42 Å². The molecular weight excluding hydrogens is 351 g/mol. The van der Waals surface area contributed by atoms with Crippen molar-refractivity contribution in [3.05, 3.63) is 47.5 Å². The van der Waals surface area contributed by atoms with E-state index in [1.807, 2.05) is 4.90 Å². The molecule has 1 aliphatic heterocycles. The Morgan fingerprint density at radius 1 is 1.19 bits per heavy atom. The number of carbonyl (C=O) groups excluding carboxylic acids is 1.